The van der Waals surface area contributed by atoms with Crippen LogP contribution in [0.25, 0.3) is 0 Å². The van der Waals surface area contributed by atoms with Crippen LogP contribution in [0.2, 0.25) is 0 Å². The van der Waals surface area contributed by atoms with Crippen molar-refractivity contribution in [3.05, 3.63) is 12.2 Å². The van der Waals surface area contributed by atoms with Crippen molar-refractivity contribution in [2.24, 2.45) is 0 Å². The van der Waals surface area contributed by atoms with Crippen LogP contribution in [0.5, 0.6) is 0 Å². The van der Waals surface area contributed by atoms with Crippen molar-refractivity contribution >= 4 is 11.8 Å². The van der Waals surface area contributed by atoms with E-state index < -0.39 is 0 Å². The molecule has 0 saturated heterocycles. The summed E-state index contributed by atoms with van der Waals surface area (Å²) in [5.41, 5.74) is 0. The summed E-state index contributed by atoms with van der Waals surface area (Å²) >= 11 is 0. The number of carbonyl (C=O) groups is 2. The second-order valence-electron chi connectivity index (χ2n) is 3.03. The number of hydrogen-bond donors (Lipinski definition) is 0. The Morgan fingerprint density at radius 3 is 2.43 bits per heavy atom. The third kappa shape index (κ3) is 7.53. The Labute approximate surface area is 85.1 Å². The van der Waals surface area contributed by atoms with Crippen LogP contribution in [0.3, 0.4) is 0 Å². The van der Waals surface area contributed by atoms with Crippen LogP contribution in [0, 0.1) is 0 Å². The van der Waals surface area contributed by atoms with E-state index in [1.54, 1.807) is 0 Å². The van der Waals surface area contributed by atoms with Crippen LogP contribution in [-0.4, -0.2) is 18.9 Å². The lowest BCUT2D eigenvalue weighted by atomic mass is 10.1. The van der Waals surface area contributed by atoms with Gasteiger partial charge in [-0.15, -0.1) is 0 Å². The SMILES string of the molecule is CCC=CCCC(=O)CCC(=O)OC. The van der Waals surface area contributed by atoms with Gasteiger partial charge < -0.3 is 4.74 Å². The molecule has 0 spiro atoms. The van der Waals surface area contributed by atoms with Crippen LogP contribution in [0.15, 0.2) is 12.2 Å². The molecule has 0 aromatic heterocycles. The largest absolute Gasteiger partial charge is 0.469 e. The highest BCUT2D eigenvalue weighted by Crippen LogP contribution is 2.01. The molecule has 0 fully saturated rings. The predicted octanol–water partition coefficient (Wildman–Crippen LogP) is 2.26. The molecule has 0 heterocycles. The average Bonchev–Trinajstić information content (AvgIpc) is 2.21. The first-order valence-electron chi connectivity index (χ1n) is 4.94. The van der Waals surface area contributed by atoms with Crippen molar-refractivity contribution in [1.29, 1.82) is 0 Å². The lowest BCUT2D eigenvalue weighted by Crippen LogP contribution is -2.05. The Balaban J connectivity index is 3.46. The van der Waals surface area contributed by atoms with Crippen LogP contribution in [0.1, 0.15) is 39.0 Å². The second kappa shape index (κ2) is 8.48. The zero-order valence-electron chi connectivity index (χ0n) is 8.91. The molecule has 0 rings (SSSR count). The van der Waals surface area contributed by atoms with Gasteiger partial charge in [0.05, 0.1) is 13.5 Å². The number of rotatable bonds is 7. The monoisotopic (exact) mass is 198 g/mol. The number of ether oxygens (including phenoxy) is 1. The molecule has 3 nitrogen and oxygen atoms in total. The van der Waals surface area contributed by atoms with Gasteiger partial charge in [0.1, 0.15) is 5.78 Å². The molecule has 0 unspecified atom stereocenters. The summed E-state index contributed by atoms with van der Waals surface area (Å²) in [7, 11) is 1.33. The van der Waals surface area contributed by atoms with Gasteiger partial charge >= 0.3 is 5.97 Å². The molecule has 80 valence electrons. The standard InChI is InChI=1S/C11H18O3/c1-3-4-5-6-7-10(12)8-9-11(13)14-2/h4-5H,3,6-9H2,1-2H3. The summed E-state index contributed by atoms with van der Waals surface area (Å²) < 4.78 is 4.44. The molecule has 0 aromatic carbocycles. The highest BCUT2D eigenvalue weighted by molar-refractivity contribution is 5.82. The first-order valence-corrected chi connectivity index (χ1v) is 4.94. The zero-order valence-corrected chi connectivity index (χ0v) is 8.91. The molecule has 3 heteroatoms. The maximum absolute atomic E-state index is 11.2. The fraction of sp³-hybridized carbons (Fsp3) is 0.636. The Morgan fingerprint density at radius 2 is 1.86 bits per heavy atom. The van der Waals surface area contributed by atoms with E-state index in [9.17, 15) is 9.59 Å². The molecule has 0 amide bonds. The zero-order chi connectivity index (χ0) is 10.8. The lowest BCUT2D eigenvalue weighted by molar-refractivity contribution is -0.141. The quantitative estimate of drug-likeness (QED) is 0.465. The van der Waals surface area contributed by atoms with Gasteiger partial charge in [-0.25, -0.2) is 0 Å². The first kappa shape index (κ1) is 12.9. The topological polar surface area (TPSA) is 43.4 Å². The van der Waals surface area contributed by atoms with Crippen LogP contribution in [-0.2, 0) is 14.3 Å². The summed E-state index contributed by atoms with van der Waals surface area (Å²) in [6.45, 7) is 2.05. The number of hydrogen-bond acceptors (Lipinski definition) is 3. The van der Waals surface area contributed by atoms with Crippen molar-refractivity contribution in [3.8, 4) is 0 Å². The van der Waals surface area contributed by atoms with E-state index in [0.29, 0.717) is 12.8 Å². The third-order valence-corrected chi connectivity index (χ3v) is 1.83. The second-order valence-corrected chi connectivity index (χ2v) is 3.03. The minimum atomic E-state index is -0.317. The molecule has 0 radical (unpaired) electrons. The number of allylic oxidation sites excluding steroid dienone is 2. The molecule has 0 saturated carbocycles. The van der Waals surface area contributed by atoms with Gasteiger partial charge in [-0.05, 0) is 12.8 Å². The van der Waals surface area contributed by atoms with Crippen molar-refractivity contribution in [2.45, 2.75) is 39.0 Å². The summed E-state index contributed by atoms with van der Waals surface area (Å²) in [4.78, 5) is 21.9. The molecule has 0 aliphatic rings. The fourth-order valence-corrected chi connectivity index (χ4v) is 0.997. The van der Waals surface area contributed by atoms with Gasteiger partial charge in [0.15, 0.2) is 0 Å². The summed E-state index contributed by atoms with van der Waals surface area (Å²) in [5, 5.41) is 0. The summed E-state index contributed by atoms with van der Waals surface area (Å²) in [6.07, 6.45) is 6.82. The Kier molecular flexibility index (Phi) is 7.80. The van der Waals surface area contributed by atoms with E-state index in [1.807, 2.05) is 12.2 Å². The van der Waals surface area contributed by atoms with Crippen molar-refractivity contribution in [3.63, 3.8) is 0 Å². The molecule has 0 aliphatic heterocycles. The normalized spacial score (nSPS) is 10.4. The summed E-state index contributed by atoms with van der Waals surface area (Å²) in [6, 6.07) is 0. The Morgan fingerprint density at radius 1 is 1.14 bits per heavy atom. The van der Waals surface area contributed by atoms with E-state index in [1.165, 1.54) is 7.11 Å². The molecule has 0 aliphatic carbocycles. The van der Waals surface area contributed by atoms with E-state index >= 15 is 0 Å². The highest BCUT2D eigenvalue weighted by Gasteiger charge is 2.05. The van der Waals surface area contributed by atoms with Crippen LogP contribution < -0.4 is 0 Å². The fourth-order valence-electron chi connectivity index (χ4n) is 0.997. The van der Waals surface area contributed by atoms with Crippen molar-refractivity contribution < 1.29 is 14.3 Å². The number of Topliss-reactive ketones (excluding diaryl/α,β-unsaturated/α-hetero) is 1. The Hall–Kier alpha value is -1.12. The maximum atomic E-state index is 11.2. The van der Waals surface area contributed by atoms with Crippen molar-refractivity contribution in [2.75, 3.05) is 7.11 Å². The smallest absolute Gasteiger partial charge is 0.305 e. The van der Waals surface area contributed by atoms with Gasteiger partial charge in [0, 0.05) is 12.8 Å². The molecule has 0 atom stereocenters. The highest BCUT2D eigenvalue weighted by atomic mass is 16.5. The van der Waals surface area contributed by atoms with E-state index in [2.05, 4.69) is 11.7 Å². The van der Waals surface area contributed by atoms with E-state index in [4.69, 9.17) is 0 Å². The minimum absolute atomic E-state index is 0.121. The predicted molar refractivity (Wildman–Crippen MR) is 54.9 cm³/mol. The summed E-state index contributed by atoms with van der Waals surface area (Å²) in [5.74, 6) is -0.196. The van der Waals surface area contributed by atoms with Gasteiger partial charge in [-0.1, -0.05) is 19.1 Å². The van der Waals surface area contributed by atoms with Crippen LogP contribution >= 0.6 is 0 Å². The number of carbonyl (C=O) groups excluding carboxylic acids is 2. The van der Waals surface area contributed by atoms with Crippen molar-refractivity contribution in [1.82, 2.24) is 0 Å². The van der Waals surface area contributed by atoms with E-state index in [-0.39, 0.29) is 18.2 Å². The maximum Gasteiger partial charge on any atom is 0.305 e. The number of methoxy groups -OCH3 is 1. The first-order chi connectivity index (χ1) is 6.70. The van der Waals surface area contributed by atoms with Gasteiger partial charge in [0.25, 0.3) is 0 Å². The molecule has 14 heavy (non-hydrogen) atoms. The minimum Gasteiger partial charge on any atom is -0.469 e. The van der Waals surface area contributed by atoms with Gasteiger partial charge in [-0.3, -0.25) is 9.59 Å². The van der Waals surface area contributed by atoms with Gasteiger partial charge in [-0.2, -0.15) is 0 Å². The molecular weight excluding hydrogens is 180 g/mol. The molecular formula is C11H18O3. The molecule has 0 aromatic rings. The molecule has 0 N–H and O–H groups in total. The van der Waals surface area contributed by atoms with Crippen LogP contribution in [0.4, 0.5) is 0 Å². The van der Waals surface area contributed by atoms with Gasteiger partial charge in [0.2, 0.25) is 0 Å². The van der Waals surface area contributed by atoms with E-state index in [0.717, 1.165) is 12.8 Å². The average molecular weight is 198 g/mol. The third-order valence-electron chi connectivity index (χ3n) is 1.83. The number of esters is 1. The molecule has 0 bridgehead atoms. The number of ketones is 1. The lowest BCUT2D eigenvalue weighted by Gasteiger charge is -1.97. The Bertz CT molecular complexity index is 207.